The maximum absolute atomic E-state index is 12.1. The first-order valence-electron chi connectivity index (χ1n) is 5.57. The number of rotatable bonds is 3. The predicted molar refractivity (Wildman–Crippen MR) is 59.4 cm³/mol. The van der Waals surface area contributed by atoms with E-state index in [1.807, 2.05) is 0 Å². The van der Waals surface area contributed by atoms with Gasteiger partial charge in [0.1, 0.15) is 6.10 Å². The number of ether oxygens (including phenoxy) is 1. The molecule has 1 aromatic rings. The average molecular weight is 223 g/mol. The molecular formula is C11H17N3O2. The fraction of sp³-hybridized carbons (Fsp3) is 0.636. The minimum atomic E-state index is -0.335. The summed E-state index contributed by atoms with van der Waals surface area (Å²) in [6.45, 7) is 5.28. The third-order valence-electron chi connectivity index (χ3n) is 2.88. The molecule has 0 spiro atoms. The number of likely N-dealkylation sites (N-methyl/N-ethyl adjacent to an activating group) is 1. The van der Waals surface area contributed by atoms with Gasteiger partial charge in [-0.25, -0.2) is 0 Å². The first kappa shape index (κ1) is 11.3. The predicted octanol–water partition coefficient (Wildman–Crippen LogP) is 0.323. The number of morpholine rings is 1. The summed E-state index contributed by atoms with van der Waals surface area (Å²) in [5.41, 5.74) is 0.630. The highest BCUT2D eigenvalue weighted by Gasteiger charge is 2.27. The fourth-order valence-corrected chi connectivity index (χ4v) is 1.88. The smallest absolute Gasteiger partial charge is 0.196 e. The molecule has 0 aliphatic carbocycles. The number of hydrogen-bond acceptors (Lipinski definition) is 4. The number of Topliss-reactive ketones (excluding diaryl/α,β-unsaturated/α-hetero) is 1. The van der Waals surface area contributed by atoms with Gasteiger partial charge in [-0.3, -0.25) is 14.4 Å². The Bertz CT molecular complexity index is 375. The minimum absolute atomic E-state index is 0.0336. The van der Waals surface area contributed by atoms with Crippen LogP contribution in [0.15, 0.2) is 12.4 Å². The van der Waals surface area contributed by atoms with Gasteiger partial charge in [-0.2, -0.15) is 5.10 Å². The number of hydrogen-bond donors (Lipinski definition) is 0. The van der Waals surface area contributed by atoms with E-state index in [0.29, 0.717) is 18.7 Å². The van der Waals surface area contributed by atoms with Crippen LogP contribution in [0.1, 0.15) is 17.3 Å². The van der Waals surface area contributed by atoms with Crippen molar-refractivity contribution in [1.82, 2.24) is 14.7 Å². The number of nitrogens with zero attached hydrogens (tertiary/aromatic N) is 3. The molecule has 2 heterocycles. The Morgan fingerprint density at radius 1 is 1.69 bits per heavy atom. The molecule has 0 amide bonds. The third kappa shape index (κ3) is 2.31. The Morgan fingerprint density at radius 2 is 2.50 bits per heavy atom. The molecule has 5 heteroatoms. The Balaban J connectivity index is 2.04. The first-order chi connectivity index (χ1) is 7.70. The lowest BCUT2D eigenvalue weighted by Crippen LogP contribution is -2.45. The maximum Gasteiger partial charge on any atom is 0.196 e. The number of carbonyl (C=O) groups excluding carboxylic acids is 1. The third-order valence-corrected chi connectivity index (χ3v) is 2.88. The number of aromatic nitrogens is 2. The van der Waals surface area contributed by atoms with Crippen LogP contribution < -0.4 is 0 Å². The molecule has 0 saturated carbocycles. The second-order valence-corrected chi connectivity index (χ2v) is 4.02. The zero-order valence-corrected chi connectivity index (χ0v) is 9.72. The summed E-state index contributed by atoms with van der Waals surface area (Å²) in [5, 5.41) is 4.00. The molecule has 1 atom stereocenters. The van der Waals surface area contributed by atoms with Gasteiger partial charge in [0, 0.05) is 26.3 Å². The van der Waals surface area contributed by atoms with E-state index in [0.717, 1.165) is 13.1 Å². The average Bonchev–Trinajstić information content (AvgIpc) is 2.75. The largest absolute Gasteiger partial charge is 0.367 e. The van der Waals surface area contributed by atoms with E-state index in [-0.39, 0.29) is 11.9 Å². The second-order valence-electron chi connectivity index (χ2n) is 4.02. The summed E-state index contributed by atoms with van der Waals surface area (Å²) in [4.78, 5) is 14.3. The van der Waals surface area contributed by atoms with Crippen LogP contribution in [0.5, 0.6) is 0 Å². The lowest BCUT2D eigenvalue weighted by Gasteiger charge is -2.30. The van der Waals surface area contributed by atoms with Crippen molar-refractivity contribution in [3.8, 4) is 0 Å². The molecule has 88 valence electrons. The van der Waals surface area contributed by atoms with Crippen molar-refractivity contribution in [3.05, 3.63) is 18.0 Å². The van der Waals surface area contributed by atoms with Crippen LogP contribution in [0.4, 0.5) is 0 Å². The highest BCUT2D eigenvalue weighted by atomic mass is 16.5. The molecule has 5 nitrogen and oxygen atoms in total. The van der Waals surface area contributed by atoms with Gasteiger partial charge in [-0.15, -0.1) is 0 Å². The van der Waals surface area contributed by atoms with Crippen molar-refractivity contribution in [2.24, 2.45) is 7.05 Å². The van der Waals surface area contributed by atoms with Crippen LogP contribution in [0.3, 0.4) is 0 Å². The van der Waals surface area contributed by atoms with Gasteiger partial charge < -0.3 is 4.74 Å². The number of ketones is 1. The van der Waals surface area contributed by atoms with E-state index in [1.54, 1.807) is 24.1 Å². The molecule has 1 aliphatic rings. The van der Waals surface area contributed by atoms with Crippen LogP contribution in [0, 0.1) is 0 Å². The fourth-order valence-electron chi connectivity index (χ4n) is 1.88. The number of aryl methyl sites for hydroxylation is 1. The van der Waals surface area contributed by atoms with Crippen molar-refractivity contribution < 1.29 is 9.53 Å². The lowest BCUT2D eigenvalue weighted by atomic mass is 10.1. The van der Waals surface area contributed by atoms with E-state index < -0.39 is 0 Å². The van der Waals surface area contributed by atoms with Crippen molar-refractivity contribution in [1.29, 1.82) is 0 Å². The first-order valence-corrected chi connectivity index (χ1v) is 5.57. The second kappa shape index (κ2) is 4.76. The molecule has 0 aromatic carbocycles. The standard InChI is InChI=1S/C11H17N3O2/c1-3-14-4-5-16-10(8-14)11(15)9-6-12-13(2)7-9/h6-7,10H,3-5,8H2,1-2H3. The SMILES string of the molecule is CCN1CCOC(C(=O)c2cnn(C)c2)C1. The van der Waals surface area contributed by atoms with Gasteiger partial charge in [-0.05, 0) is 6.54 Å². The van der Waals surface area contributed by atoms with Crippen LogP contribution in [0.25, 0.3) is 0 Å². The van der Waals surface area contributed by atoms with E-state index in [1.165, 1.54) is 0 Å². The van der Waals surface area contributed by atoms with Crippen LogP contribution >= 0.6 is 0 Å². The van der Waals surface area contributed by atoms with Crippen molar-refractivity contribution in [2.45, 2.75) is 13.0 Å². The topological polar surface area (TPSA) is 47.4 Å². The van der Waals surface area contributed by atoms with Gasteiger partial charge in [0.25, 0.3) is 0 Å². The highest BCUT2D eigenvalue weighted by molar-refractivity contribution is 5.99. The molecule has 1 fully saturated rings. The Morgan fingerprint density at radius 3 is 3.12 bits per heavy atom. The Hall–Kier alpha value is -1.20. The maximum atomic E-state index is 12.1. The van der Waals surface area contributed by atoms with Gasteiger partial charge in [0.15, 0.2) is 5.78 Å². The van der Waals surface area contributed by atoms with Crippen LogP contribution in [-0.2, 0) is 11.8 Å². The van der Waals surface area contributed by atoms with E-state index >= 15 is 0 Å². The summed E-state index contributed by atoms with van der Waals surface area (Å²) in [7, 11) is 1.80. The van der Waals surface area contributed by atoms with Gasteiger partial charge in [0.2, 0.25) is 0 Å². The molecule has 1 unspecified atom stereocenters. The normalized spacial score (nSPS) is 22.2. The summed E-state index contributed by atoms with van der Waals surface area (Å²) >= 11 is 0. The summed E-state index contributed by atoms with van der Waals surface area (Å²) < 4.78 is 7.14. The van der Waals surface area contributed by atoms with Gasteiger partial charge >= 0.3 is 0 Å². The molecular weight excluding hydrogens is 206 g/mol. The molecule has 0 N–H and O–H groups in total. The Labute approximate surface area is 95.0 Å². The molecule has 1 aliphatic heterocycles. The summed E-state index contributed by atoms with van der Waals surface area (Å²) in [6.07, 6.45) is 2.99. The van der Waals surface area contributed by atoms with E-state index in [4.69, 9.17) is 4.74 Å². The highest BCUT2D eigenvalue weighted by Crippen LogP contribution is 2.11. The summed E-state index contributed by atoms with van der Waals surface area (Å²) in [6, 6.07) is 0. The quantitative estimate of drug-likeness (QED) is 0.693. The molecule has 2 rings (SSSR count). The number of carbonyl (C=O) groups is 1. The van der Waals surface area contributed by atoms with Crippen molar-refractivity contribution in [2.75, 3.05) is 26.2 Å². The molecule has 0 bridgehead atoms. The zero-order valence-electron chi connectivity index (χ0n) is 9.72. The van der Waals surface area contributed by atoms with Gasteiger partial charge in [0.05, 0.1) is 18.4 Å². The molecule has 1 saturated heterocycles. The molecule has 0 radical (unpaired) electrons. The van der Waals surface area contributed by atoms with Crippen molar-refractivity contribution >= 4 is 5.78 Å². The molecule has 1 aromatic heterocycles. The van der Waals surface area contributed by atoms with E-state index in [9.17, 15) is 4.79 Å². The van der Waals surface area contributed by atoms with E-state index in [2.05, 4.69) is 16.9 Å². The minimum Gasteiger partial charge on any atom is -0.367 e. The van der Waals surface area contributed by atoms with Crippen LogP contribution in [0.2, 0.25) is 0 Å². The Kier molecular flexibility index (Phi) is 3.36. The van der Waals surface area contributed by atoms with Crippen LogP contribution in [-0.4, -0.2) is 52.8 Å². The van der Waals surface area contributed by atoms with Crippen molar-refractivity contribution in [3.63, 3.8) is 0 Å². The monoisotopic (exact) mass is 223 g/mol. The summed E-state index contributed by atoms with van der Waals surface area (Å²) in [5.74, 6) is 0.0336. The lowest BCUT2D eigenvalue weighted by molar-refractivity contribution is -0.0148. The molecule has 16 heavy (non-hydrogen) atoms. The zero-order chi connectivity index (χ0) is 11.5. The van der Waals surface area contributed by atoms with Gasteiger partial charge in [-0.1, -0.05) is 6.92 Å².